The largest absolute Gasteiger partial charge is 0.479 e. The van der Waals surface area contributed by atoms with Crippen LogP contribution in [0.4, 0.5) is 0 Å². The molecule has 86 valence electrons. The second-order valence-electron chi connectivity index (χ2n) is 3.66. The van der Waals surface area contributed by atoms with Crippen LogP contribution in [0, 0.1) is 0 Å². The number of carbonyl (C=O) groups is 2. The lowest BCUT2D eigenvalue weighted by Crippen LogP contribution is -2.54. The number of hydrogen-bond acceptors (Lipinski definition) is 4. The summed E-state index contributed by atoms with van der Waals surface area (Å²) in [6.07, 6.45) is 0.489. The predicted octanol–water partition coefficient (Wildman–Crippen LogP) is 1.44. The molecule has 4 nitrogen and oxygen atoms in total. The minimum Gasteiger partial charge on any atom is -0.479 e. The van der Waals surface area contributed by atoms with Gasteiger partial charge in [0.2, 0.25) is 0 Å². The fourth-order valence-corrected chi connectivity index (χ4v) is 3.53. The lowest BCUT2D eigenvalue weighted by atomic mass is 9.99. The average molecular weight is 257 g/mol. The molecule has 1 aromatic heterocycles. The highest BCUT2D eigenvalue weighted by atomic mass is 32.2. The van der Waals surface area contributed by atoms with Crippen molar-refractivity contribution in [2.45, 2.75) is 12.0 Å². The zero-order valence-electron chi connectivity index (χ0n) is 8.43. The second kappa shape index (κ2) is 4.47. The molecule has 0 saturated carbocycles. The smallest absolute Gasteiger partial charge is 0.330 e. The Labute approximate surface area is 101 Å². The number of thioether (sulfide) groups is 1. The molecular weight excluding hydrogens is 246 g/mol. The standard InChI is InChI=1S/C10H11NO3S2/c12-8(7-1-3-15-5-7)11-10(9(13)14)2-4-16-6-10/h1,3,5H,2,4,6H2,(H,11,12)(H,13,14). The van der Waals surface area contributed by atoms with Gasteiger partial charge in [0.25, 0.3) is 5.91 Å². The summed E-state index contributed by atoms with van der Waals surface area (Å²) >= 11 is 2.98. The van der Waals surface area contributed by atoms with Gasteiger partial charge in [0.15, 0.2) is 0 Å². The first-order valence-corrected chi connectivity index (χ1v) is 6.90. The summed E-state index contributed by atoms with van der Waals surface area (Å²) in [5, 5.41) is 15.3. The summed E-state index contributed by atoms with van der Waals surface area (Å²) in [5.41, 5.74) is -0.550. The number of hydrogen-bond donors (Lipinski definition) is 2. The summed E-state index contributed by atoms with van der Waals surface area (Å²) in [4.78, 5) is 23.0. The molecule has 2 N–H and O–H groups in total. The van der Waals surface area contributed by atoms with E-state index in [0.29, 0.717) is 17.7 Å². The molecular formula is C10H11NO3S2. The molecule has 1 amide bonds. The molecule has 16 heavy (non-hydrogen) atoms. The Morgan fingerprint density at radius 1 is 1.50 bits per heavy atom. The molecule has 0 aromatic carbocycles. The van der Waals surface area contributed by atoms with Crippen LogP contribution in [0.2, 0.25) is 0 Å². The molecule has 1 aliphatic rings. The molecule has 0 aliphatic carbocycles. The minimum atomic E-state index is -1.08. The van der Waals surface area contributed by atoms with Gasteiger partial charge in [-0.25, -0.2) is 4.79 Å². The molecule has 2 heterocycles. The van der Waals surface area contributed by atoms with Gasteiger partial charge in [0, 0.05) is 11.1 Å². The monoisotopic (exact) mass is 257 g/mol. The predicted molar refractivity (Wildman–Crippen MR) is 64.1 cm³/mol. The first kappa shape index (κ1) is 11.5. The Morgan fingerprint density at radius 3 is 2.81 bits per heavy atom. The highest BCUT2D eigenvalue weighted by molar-refractivity contribution is 7.99. The van der Waals surface area contributed by atoms with Gasteiger partial charge in [0.05, 0.1) is 5.56 Å². The van der Waals surface area contributed by atoms with E-state index in [4.69, 9.17) is 0 Å². The molecule has 0 bridgehead atoms. The van der Waals surface area contributed by atoms with Gasteiger partial charge in [0.1, 0.15) is 5.54 Å². The van der Waals surface area contributed by atoms with Gasteiger partial charge in [-0.2, -0.15) is 23.1 Å². The first-order chi connectivity index (χ1) is 7.64. The summed E-state index contributed by atoms with van der Waals surface area (Å²) in [7, 11) is 0. The van der Waals surface area contributed by atoms with E-state index in [1.165, 1.54) is 11.3 Å². The van der Waals surface area contributed by atoms with E-state index in [9.17, 15) is 14.7 Å². The number of aliphatic carboxylic acids is 1. The third-order valence-corrected chi connectivity index (χ3v) is 4.44. The van der Waals surface area contributed by atoms with Crippen molar-refractivity contribution < 1.29 is 14.7 Å². The number of amides is 1. The SMILES string of the molecule is O=C(NC1(C(=O)O)CCSC1)c1ccsc1. The summed E-state index contributed by atoms with van der Waals surface area (Å²) in [6, 6.07) is 1.69. The molecule has 1 aliphatic heterocycles. The molecule has 0 radical (unpaired) electrons. The van der Waals surface area contributed by atoms with Crippen molar-refractivity contribution in [3.8, 4) is 0 Å². The number of thiophene rings is 1. The fraction of sp³-hybridized carbons (Fsp3) is 0.400. The third-order valence-electron chi connectivity index (χ3n) is 2.57. The number of nitrogens with one attached hydrogen (secondary N) is 1. The zero-order valence-corrected chi connectivity index (χ0v) is 10.1. The van der Waals surface area contributed by atoms with Gasteiger partial charge < -0.3 is 10.4 Å². The molecule has 6 heteroatoms. The van der Waals surface area contributed by atoms with Crippen LogP contribution in [0.3, 0.4) is 0 Å². The Balaban J connectivity index is 2.13. The van der Waals surface area contributed by atoms with E-state index < -0.39 is 11.5 Å². The van der Waals surface area contributed by atoms with Crippen molar-refractivity contribution in [3.05, 3.63) is 22.4 Å². The van der Waals surface area contributed by atoms with Crippen LogP contribution in [0.5, 0.6) is 0 Å². The van der Waals surface area contributed by atoms with Gasteiger partial charge in [-0.15, -0.1) is 0 Å². The van der Waals surface area contributed by atoms with Crippen molar-refractivity contribution in [2.75, 3.05) is 11.5 Å². The van der Waals surface area contributed by atoms with Crippen molar-refractivity contribution in [1.29, 1.82) is 0 Å². The van der Waals surface area contributed by atoms with Crippen LogP contribution >= 0.6 is 23.1 Å². The highest BCUT2D eigenvalue weighted by Crippen LogP contribution is 2.28. The molecule has 0 spiro atoms. The topological polar surface area (TPSA) is 66.4 Å². The second-order valence-corrected chi connectivity index (χ2v) is 5.54. The van der Waals surface area contributed by atoms with Crippen LogP contribution in [0.25, 0.3) is 0 Å². The van der Waals surface area contributed by atoms with Gasteiger partial charge >= 0.3 is 5.97 Å². The quantitative estimate of drug-likeness (QED) is 0.860. The molecule has 2 rings (SSSR count). The molecule has 1 aromatic rings. The van der Waals surface area contributed by atoms with E-state index in [1.807, 2.05) is 0 Å². The molecule has 1 unspecified atom stereocenters. The van der Waals surface area contributed by atoms with E-state index in [0.717, 1.165) is 5.75 Å². The van der Waals surface area contributed by atoms with E-state index in [-0.39, 0.29) is 5.91 Å². The lowest BCUT2D eigenvalue weighted by molar-refractivity contribution is -0.143. The maximum Gasteiger partial charge on any atom is 0.330 e. The van der Waals surface area contributed by atoms with Gasteiger partial charge in [-0.05, 0) is 23.6 Å². The summed E-state index contributed by atoms with van der Waals surface area (Å²) in [5.74, 6) is -0.0266. The normalized spacial score (nSPS) is 24.2. The van der Waals surface area contributed by atoms with Crippen LogP contribution in [-0.4, -0.2) is 34.0 Å². The van der Waals surface area contributed by atoms with Crippen molar-refractivity contribution in [1.82, 2.24) is 5.32 Å². The number of carbonyl (C=O) groups excluding carboxylic acids is 1. The fourth-order valence-electron chi connectivity index (χ4n) is 1.57. The van der Waals surface area contributed by atoms with Crippen LogP contribution in [0.1, 0.15) is 16.8 Å². The molecule has 1 atom stereocenters. The molecule has 1 fully saturated rings. The van der Waals surface area contributed by atoms with E-state index in [1.54, 1.807) is 28.6 Å². The number of carboxylic acids is 1. The van der Waals surface area contributed by atoms with Crippen molar-refractivity contribution >= 4 is 35.0 Å². The molecule has 1 saturated heterocycles. The maximum atomic E-state index is 11.8. The Bertz CT molecular complexity index is 396. The third kappa shape index (κ3) is 2.08. The Hall–Kier alpha value is -1.01. The van der Waals surface area contributed by atoms with Crippen molar-refractivity contribution in [2.24, 2.45) is 0 Å². The summed E-state index contributed by atoms with van der Waals surface area (Å²) in [6.45, 7) is 0. The first-order valence-electron chi connectivity index (χ1n) is 4.80. The summed E-state index contributed by atoms with van der Waals surface area (Å²) < 4.78 is 0. The van der Waals surface area contributed by atoms with Crippen molar-refractivity contribution in [3.63, 3.8) is 0 Å². The van der Waals surface area contributed by atoms with Gasteiger partial charge in [-0.1, -0.05) is 0 Å². The van der Waals surface area contributed by atoms with Crippen LogP contribution < -0.4 is 5.32 Å². The minimum absolute atomic E-state index is 0.300. The zero-order chi connectivity index (χ0) is 11.6. The van der Waals surface area contributed by atoms with Crippen LogP contribution in [0.15, 0.2) is 16.8 Å². The van der Waals surface area contributed by atoms with Gasteiger partial charge in [-0.3, -0.25) is 4.79 Å². The number of rotatable bonds is 3. The average Bonchev–Trinajstić information content (AvgIpc) is 2.88. The van der Waals surface area contributed by atoms with E-state index in [2.05, 4.69) is 5.32 Å². The number of carboxylic acid groups (broad SMARTS) is 1. The highest BCUT2D eigenvalue weighted by Gasteiger charge is 2.43. The Morgan fingerprint density at radius 2 is 2.31 bits per heavy atom. The maximum absolute atomic E-state index is 11.8. The van der Waals surface area contributed by atoms with E-state index >= 15 is 0 Å². The lowest BCUT2D eigenvalue weighted by Gasteiger charge is -2.24. The Kier molecular flexibility index (Phi) is 3.20. The van der Waals surface area contributed by atoms with Crippen LogP contribution in [-0.2, 0) is 4.79 Å².